The van der Waals surface area contributed by atoms with Crippen LogP contribution in [0.5, 0.6) is 0 Å². The lowest BCUT2D eigenvalue weighted by Crippen LogP contribution is -2.41. The molecule has 2 nitrogen and oxygen atoms in total. The molecule has 0 aromatic carbocycles. The van der Waals surface area contributed by atoms with Gasteiger partial charge in [0.25, 0.3) is 0 Å². The lowest BCUT2D eigenvalue weighted by atomic mass is 9.75. The molecule has 2 rings (SSSR count). The molecule has 0 bridgehead atoms. The molecule has 1 heterocycles. The number of nitrogens with two attached hydrogens (primary N) is 1. The van der Waals surface area contributed by atoms with Gasteiger partial charge in [-0.25, -0.2) is 0 Å². The van der Waals surface area contributed by atoms with E-state index in [0.29, 0.717) is 0 Å². The van der Waals surface area contributed by atoms with Gasteiger partial charge in [0, 0.05) is 18.0 Å². The van der Waals surface area contributed by atoms with Gasteiger partial charge < -0.3 is 10.5 Å². The molecule has 1 atom stereocenters. The monoisotopic (exact) mass is 259 g/mol. The van der Waals surface area contributed by atoms with Crippen molar-refractivity contribution >= 4 is 22.9 Å². The molecule has 0 saturated heterocycles. The predicted octanol–water partition coefficient (Wildman–Crippen LogP) is 3.67. The van der Waals surface area contributed by atoms with E-state index < -0.39 is 0 Å². The molecule has 0 aliphatic heterocycles. The zero-order valence-electron chi connectivity index (χ0n) is 9.75. The van der Waals surface area contributed by atoms with E-state index in [9.17, 15) is 0 Å². The number of halogens is 1. The molecule has 0 amide bonds. The molecular formula is C12H18ClNOS. The van der Waals surface area contributed by atoms with Crippen molar-refractivity contribution in [3.8, 4) is 0 Å². The number of ether oxygens (including phenoxy) is 1. The molecule has 1 aromatic rings. The van der Waals surface area contributed by atoms with E-state index >= 15 is 0 Å². The third kappa shape index (κ3) is 2.28. The third-order valence-corrected chi connectivity index (χ3v) is 5.22. The zero-order valence-corrected chi connectivity index (χ0v) is 11.3. The SMILES string of the molecule is COC1(CC(N)c2cc(C)c(Cl)s2)CCC1. The molecular weight excluding hydrogens is 242 g/mol. The van der Waals surface area contributed by atoms with Crippen LogP contribution in [0.2, 0.25) is 4.34 Å². The maximum absolute atomic E-state index is 6.22. The van der Waals surface area contributed by atoms with Crippen LogP contribution in [0.15, 0.2) is 6.07 Å². The van der Waals surface area contributed by atoms with Gasteiger partial charge in [-0.05, 0) is 44.2 Å². The number of aryl methyl sites for hydroxylation is 1. The lowest BCUT2D eigenvalue weighted by molar-refractivity contribution is -0.0815. The minimum Gasteiger partial charge on any atom is -0.378 e. The van der Waals surface area contributed by atoms with Crippen molar-refractivity contribution in [3.63, 3.8) is 0 Å². The number of methoxy groups -OCH3 is 1. The van der Waals surface area contributed by atoms with E-state index in [0.717, 1.165) is 29.2 Å². The normalized spacial score (nSPS) is 20.5. The third-order valence-electron chi connectivity index (χ3n) is 3.53. The molecule has 1 aliphatic rings. The summed E-state index contributed by atoms with van der Waals surface area (Å²) in [6.07, 6.45) is 4.43. The van der Waals surface area contributed by atoms with Crippen molar-refractivity contribution in [2.75, 3.05) is 7.11 Å². The minimum absolute atomic E-state index is 0.0315. The number of thiophene rings is 1. The smallest absolute Gasteiger partial charge is 0.0960 e. The van der Waals surface area contributed by atoms with Crippen LogP contribution in [0.25, 0.3) is 0 Å². The van der Waals surface area contributed by atoms with E-state index in [4.69, 9.17) is 22.1 Å². The summed E-state index contributed by atoms with van der Waals surface area (Å²) in [5.74, 6) is 0. The second kappa shape index (κ2) is 4.65. The average molecular weight is 260 g/mol. The highest BCUT2D eigenvalue weighted by atomic mass is 35.5. The Labute approximate surface area is 106 Å². The quantitative estimate of drug-likeness (QED) is 0.896. The van der Waals surface area contributed by atoms with Crippen LogP contribution < -0.4 is 5.73 Å². The fourth-order valence-corrected chi connectivity index (χ4v) is 3.45. The summed E-state index contributed by atoms with van der Waals surface area (Å²) in [6.45, 7) is 2.02. The topological polar surface area (TPSA) is 35.2 Å². The maximum atomic E-state index is 6.22. The van der Waals surface area contributed by atoms with Gasteiger partial charge in [0.05, 0.1) is 9.94 Å². The number of rotatable bonds is 4. The van der Waals surface area contributed by atoms with Crippen LogP contribution in [0.1, 0.15) is 42.2 Å². The largest absolute Gasteiger partial charge is 0.378 e. The molecule has 16 heavy (non-hydrogen) atoms. The molecule has 1 unspecified atom stereocenters. The van der Waals surface area contributed by atoms with Crippen molar-refractivity contribution in [3.05, 3.63) is 20.8 Å². The summed E-state index contributed by atoms with van der Waals surface area (Å²) >= 11 is 7.65. The highest BCUT2D eigenvalue weighted by molar-refractivity contribution is 7.16. The highest BCUT2D eigenvalue weighted by Gasteiger charge is 2.38. The Morgan fingerprint density at radius 2 is 2.31 bits per heavy atom. The minimum atomic E-state index is 0.0315. The first-order valence-corrected chi connectivity index (χ1v) is 6.82. The number of hydrogen-bond acceptors (Lipinski definition) is 3. The van der Waals surface area contributed by atoms with Gasteiger partial charge in [0.2, 0.25) is 0 Å². The first-order chi connectivity index (χ1) is 7.56. The summed E-state index contributed by atoms with van der Waals surface area (Å²) in [5, 5.41) is 0. The first-order valence-electron chi connectivity index (χ1n) is 5.63. The van der Waals surface area contributed by atoms with Crippen LogP contribution >= 0.6 is 22.9 Å². The van der Waals surface area contributed by atoms with Crippen LogP contribution in [0.3, 0.4) is 0 Å². The molecule has 1 aromatic heterocycles. The van der Waals surface area contributed by atoms with Gasteiger partial charge in [0.1, 0.15) is 0 Å². The van der Waals surface area contributed by atoms with Crippen LogP contribution in [-0.4, -0.2) is 12.7 Å². The Bertz CT molecular complexity index is 348. The standard InChI is InChI=1S/C12H18ClNOS/c1-8-6-10(16-11(8)13)9(14)7-12(15-2)4-3-5-12/h6,9H,3-5,7,14H2,1-2H3. The van der Waals surface area contributed by atoms with Gasteiger partial charge in [0.15, 0.2) is 0 Å². The Kier molecular flexibility index (Phi) is 3.59. The molecule has 4 heteroatoms. The zero-order chi connectivity index (χ0) is 11.8. The van der Waals surface area contributed by atoms with E-state index in [1.54, 1.807) is 18.4 Å². The fraction of sp³-hybridized carbons (Fsp3) is 0.667. The van der Waals surface area contributed by atoms with E-state index in [1.165, 1.54) is 11.3 Å². The summed E-state index contributed by atoms with van der Waals surface area (Å²) in [7, 11) is 1.79. The predicted molar refractivity (Wildman–Crippen MR) is 69.2 cm³/mol. The fourth-order valence-electron chi connectivity index (χ4n) is 2.23. The average Bonchev–Trinajstić information content (AvgIpc) is 2.53. The summed E-state index contributed by atoms with van der Waals surface area (Å²) < 4.78 is 6.45. The molecule has 1 aliphatic carbocycles. The second-order valence-electron chi connectivity index (χ2n) is 4.66. The van der Waals surface area contributed by atoms with Crippen LogP contribution in [-0.2, 0) is 4.74 Å². The van der Waals surface area contributed by atoms with Crippen LogP contribution in [0, 0.1) is 6.92 Å². The molecule has 1 saturated carbocycles. The van der Waals surface area contributed by atoms with Crippen molar-refractivity contribution in [1.29, 1.82) is 0 Å². The highest BCUT2D eigenvalue weighted by Crippen LogP contribution is 2.42. The molecule has 0 spiro atoms. The Balaban J connectivity index is 2.05. The van der Waals surface area contributed by atoms with Gasteiger partial charge in [-0.15, -0.1) is 11.3 Å². The Morgan fingerprint density at radius 1 is 1.62 bits per heavy atom. The summed E-state index contributed by atoms with van der Waals surface area (Å²) in [5.41, 5.74) is 7.37. The van der Waals surface area contributed by atoms with E-state index in [1.807, 2.05) is 6.92 Å². The Morgan fingerprint density at radius 3 is 2.69 bits per heavy atom. The van der Waals surface area contributed by atoms with E-state index in [2.05, 4.69) is 6.07 Å². The van der Waals surface area contributed by atoms with Crippen molar-refractivity contribution in [2.24, 2.45) is 5.73 Å². The van der Waals surface area contributed by atoms with Crippen molar-refractivity contribution < 1.29 is 4.74 Å². The molecule has 2 N–H and O–H groups in total. The van der Waals surface area contributed by atoms with Crippen molar-refractivity contribution in [1.82, 2.24) is 0 Å². The van der Waals surface area contributed by atoms with Gasteiger partial charge in [-0.2, -0.15) is 0 Å². The number of hydrogen-bond donors (Lipinski definition) is 1. The van der Waals surface area contributed by atoms with Crippen molar-refractivity contribution in [2.45, 2.75) is 44.2 Å². The van der Waals surface area contributed by atoms with Crippen LogP contribution in [0.4, 0.5) is 0 Å². The Hall–Kier alpha value is -0.0900. The molecule has 0 radical (unpaired) electrons. The second-order valence-corrected chi connectivity index (χ2v) is 6.34. The lowest BCUT2D eigenvalue weighted by Gasteiger charge is -2.42. The summed E-state index contributed by atoms with van der Waals surface area (Å²) in [4.78, 5) is 1.17. The summed E-state index contributed by atoms with van der Waals surface area (Å²) in [6, 6.07) is 2.15. The maximum Gasteiger partial charge on any atom is 0.0960 e. The van der Waals surface area contributed by atoms with Gasteiger partial charge in [-0.3, -0.25) is 0 Å². The molecule has 1 fully saturated rings. The van der Waals surface area contributed by atoms with Gasteiger partial charge >= 0.3 is 0 Å². The first kappa shape index (κ1) is 12.4. The molecule has 90 valence electrons. The van der Waals surface area contributed by atoms with E-state index in [-0.39, 0.29) is 11.6 Å². The van der Waals surface area contributed by atoms with Gasteiger partial charge in [-0.1, -0.05) is 11.6 Å².